The second-order valence-corrected chi connectivity index (χ2v) is 3.59. The summed E-state index contributed by atoms with van der Waals surface area (Å²) in [6.07, 6.45) is 0.754. The molecule has 0 heterocycles. The lowest BCUT2D eigenvalue weighted by molar-refractivity contribution is -0.384. The first-order valence-electron chi connectivity index (χ1n) is 5.27. The smallest absolute Gasteiger partial charge is 0.292 e. The molecular weight excluding hydrogens is 220 g/mol. The van der Waals surface area contributed by atoms with Crippen molar-refractivity contribution in [2.45, 2.75) is 19.4 Å². The summed E-state index contributed by atoms with van der Waals surface area (Å²) in [6.45, 7) is 2.31. The first kappa shape index (κ1) is 12.9. The van der Waals surface area contributed by atoms with Gasteiger partial charge in [0, 0.05) is 18.7 Å². The number of hydrogen-bond donors (Lipinski definition) is 2. The van der Waals surface area contributed by atoms with Crippen LogP contribution in [0.1, 0.15) is 18.9 Å². The Morgan fingerprint density at radius 1 is 1.65 bits per heavy atom. The van der Waals surface area contributed by atoms with Crippen LogP contribution < -0.4 is 11.1 Å². The lowest BCUT2D eigenvalue weighted by atomic mass is 10.1. The lowest BCUT2D eigenvalue weighted by Gasteiger charge is -2.16. The van der Waals surface area contributed by atoms with Gasteiger partial charge in [-0.15, -0.1) is 0 Å². The summed E-state index contributed by atoms with van der Waals surface area (Å²) in [6, 6.07) is 6.13. The number of nitrogens with two attached hydrogens (primary N) is 1. The Labute approximate surface area is 99.2 Å². The van der Waals surface area contributed by atoms with Crippen LogP contribution in [-0.4, -0.2) is 17.5 Å². The molecule has 0 aromatic heterocycles. The van der Waals surface area contributed by atoms with Crippen molar-refractivity contribution in [3.05, 3.63) is 33.9 Å². The van der Waals surface area contributed by atoms with Gasteiger partial charge in [-0.05, 0) is 18.6 Å². The van der Waals surface area contributed by atoms with Crippen LogP contribution in [0.3, 0.4) is 0 Å². The van der Waals surface area contributed by atoms with Gasteiger partial charge in [0.05, 0.1) is 16.6 Å². The van der Waals surface area contributed by atoms with Gasteiger partial charge in [-0.25, -0.2) is 0 Å². The van der Waals surface area contributed by atoms with Gasteiger partial charge < -0.3 is 11.1 Å². The lowest BCUT2D eigenvalue weighted by Crippen LogP contribution is -2.28. The Hall–Kier alpha value is -2.13. The zero-order chi connectivity index (χ0) is 12.8. The van der Waals surface area contributed by atoms with Crippen molar-refractivity contribution in [1.29, 1.82) is 5.26 Å². The fourth-order valence-electron chi connectivity index (χ4n) is 1.43. The van der Waals surface area contributed by atoms with E-state index in [2.05, 4.69) is 5.32 Å². The minimum Gasteiger partial charge on any atom is -0.375 e. The first-order valence-corrected chi connectivity index (χ1v) is 5.27. The molecule has 0 aliphatic heterocycles. The van der Waals surface area contributed by atoms with Crippen LogP contribution >= 0.6 is 0 Å². The van der Waals surface area contributed by atoms with Crippen molar-refractivity contribution in [3.63, 3.8) is 0 Å². The van der Waals surface area contributed by atoms with E-state index in [1.54, 1.807) is 0 Å². The van der Waals surface area contributed by atoms with Crippen molar-refractivity contribution in [1.82, 2.24) is 0 Å². The van der Waals surface area contributed by atoms with Gasteiger partial charge >= 0.3 is 0 Å². The Morgan fingerprint density at radius 2 is 2.35 bits per heavy atom. The third-order valence-corrected chi connectivity index (χ3v) is 2.46. The van der Waals surface area contributed by atoms with E-state index in [0.29, 0.717) is 17.8 Å². The number of nitro groups is 1. The molecule has 0 fully saturated rings. The predicted molar refractivity (Wildman–Crippen MR) is 64.6 cm³/mol. The molecule has 0 amide bonds. The molecule has 90 valence electrons. The SMILES string of the molecule is CCC(CN)Nc1cc(C#N)ccc1[N+](=O)[O-]. The number of nitrogens with one attached hydrogen (secondary N) is 1. The van der Waals surface area contributed by atoms with E-state index in [0.717, 1.165) is 6.42 Å². The van der Waals surface area contributed by atoms with Crippen molar-refractivity contribution < 1.29 is 4.92 Å². The maximum Gasteiger partial charge on any atom is 0.292 e. The molecular formula is C11H14N4O2. The number of benzene rings is 1. The maximum absolute atomic E-state index is 10.8. The van der Waals surface area contributed by atoms with E-state index >= 15 is 0 Å². The van der Waals surface area contributed by atoms with Gasteiger partial charge in [-0.2, -0.15) is 5.26 Å². The highest BCUT2D eigenvalue weighted by Crippen LogP contribution is 2.26. The average molecular weight is 234 g/mol. The van der Waals surface area contributed by atoms with E-state index in [4.69, 9.17) is 11.0 Å². The molecule has 1 aromatic rings. The second kappa shape index (κ2) is 5.82. The largest absolute Gasteiger partial charge is 0.375 e. The van der Waals surface area contributed by atoms with E-state index in [1.807, 2.05) is 13.0 Å². The molecule has 0 aliphatic rings. The normalized spacial score (nSPS) is 11.6. The number of hydrogen-bond acceptors (Lipinski definition) is 5. The quantitative estimate of drug-likeness (QED) is 0.594. The van der Waals surface area contributed by atoms with Gasteiger partial charge in [-0.3, -0.25) is 10.1 Å². The molecule has 1 atom stereocenters. The van der Waals surface area contributed by atoms with Crippen LogP contribution in [0.2, 0.25) is 0 Å². The molecule has 0 saturated carbocycles. The highest BCUT2D eigenvalue weighted by molar-refractivity contribution is 5.64. The summed E-state index contributed by atoms with van der Waals surface area (Å²) in [5.41, 5.74) is 6.20. The summed E-state index contributed by atoms with van der Waals surface area (Å²) in [4.78, 5) is 10.4. The highest BCUT2D eigenvalue weighted by atomic mass is 16.6. The van der Waals surface area contributed by atoms with E-state index in [1.165, 1.54) is 18.2 Å². The van der Waals surface area contributed by atoms with E-state index < -0.39 is 4.92 Å². The molecule has 0 aliphatic carbocycles. The Bertz CT molecular complexity index is 449. The molecule has 0 bridgehead atoms. The number of nitriles is 1. The van der Waals surface area contributed by atoms with Crippen LogP contribution in [-0.2, 0) is 0 Å². The summed E-state index contributed by atoms with van der Waals surface area (Å²) < 4.78 is 0. The van der Waals surface area contributed by atoms with Gasteiger partial charge in [0.25, 0.3) is 5.69 Å². The molecule has 6 heteroatoms. The minimum absolute atomic E-state index is 0.0392. The Morgan fingerprint density at radius 3 is 2.82 bits per heavy atom. The predicted octanol–water partition coefficient (Wildman–Crippen LogP) is 1.62. The molecule has 1 unspecified atom stereocenters. The molecule has 17 heavy (non-hydrogen) atoms. The van der Waals surface area contributed by atoms with Crippen LogP contribution in [0.15, 0.2) is 18.2 Å². The zero-order valence-corrected chi connectivity index (χ0v) is 9.51. The summed E-state index contributed by atoms with van der Waals surface area (Å²) in [5.74, 6) is 0. The second-order valence-electron chi connectivity index (χ2n) is 3.59. The molecule has 1 rings (SSSR count). The monoisotopic (exact) mass is 234 g/mol. The fraction of sp³-hybridized carbons (Fsp3) is 0.364. The fourth-order valence-corrected chi connectivity index (χ4v) is 1.43. The van der Waals surface area contributed by atoms with Crippen molar-refractivity contribution >= 4 is 11.4 Å². The van der Waals surface area contributed by atoms with Crippen molar-refractivity contribution in [2.75, 3.05) is 11.9 Å². The third-order valence-electron chi connectivity index (χ3n) is 2.46. The molecule has 6 nitrogen and oxygen atoms in total. The van der Waals surface area contributed by atoms with Gasteiger partial charge in [0.15, 0.2) is 0 Å². The maximum atomic E-state index is 10.8. The molecule has 1 aromatic carbocycles. The zero-order valence-electron chi connectivity index (χ0n) is 9.51. The summed E-state index contributed by atoms with van der Waals surface area (Å²) >= 11 is 0. The van der Waals surface area contributed by atoms with E-state index in [9.17, 15) is 10.1 Å². The number of nitro benzene ring substituents is 1. The Balaban J connectivity index is 3.09. The summed E-state index contributed by atoms with van der Waals surface area (Å²) in [5, 5.41) is 22.6. The van der Waals surface area contributed by atoms with Crippen molar-refractivity contribution in [2.24, 2.45) is 5.73 Å². The van der Waals surface area contributed by atoms with Gasteiger partial charge in [0.2, 0.25) is 0 Å². The van der Waals surface area contributed by atoms with E-state index in [-0.39, 0.29) is 11.7 Å². The van der Waals surface area contributed by atoms with Gasteiger partial charge in [-0.1, -0.05) is 6.92 Å². The minimum atomic E-state index is -0.479. The van der Waals surface area contributed by atoms with Gasteiger partial charge in [0.1, 0.15) is 5.69 Å². The van der Waals surface area contributed by atoms with Crippen LogP contribution in [0, 0.1) is 21.4 Å². The number of nitrogens with zero attached hydrogens (tertiary/aromatic N) is 2. The van der Waals surface area contributed by atoms with Crippen LogP contribution in [0.25, 0.3) is 0 Å². The summed E-state index contributed by atoms with van der Waals surface area (Å²) in [7, 11) is 0. The molecule has 3 N–H and O–H groups in total. The number of anilines is 1. The van der Waals surface area contributed by atoms with Crippen LogP contribution in [0.4, 0.5) is 11.4 Å². The number of rotatable bonds is 5. The first-order chi connectivity index (χ1) is 8.12. The molecule has 0 spiro atoms. The topological polar surface area (TPSA) is 105 Å². The standard InChI is InChI=1S/C11H14N4O2/c1-2-9(7-13)14-10-5-8(6-12)3-4-11(10)15(16)17/h3-5,9,14H,2,7,13H2,1H3. The Kier molecular flexibility index (Phi) is 4.43. The third kappa shape index (κ3) is 3.16. The van der Waals surface area contributed by atoms with Crippen LogP contribution in [0.5, 0.6) is 0 Å². The average Bonchev–Trinajstić information content (AvgIpc) is 2.35. The van der Waals surface area contributed by atoms with Crippen molar-refractivity contribution in [3.8, 4) is 6.07 Å². The molecule has 0 saturated heterocycles. The molecule has 0 radical (unpaired) electrons. The highest BCUT2D eigenvalue weighted by Gasteiger charge is 2.16.